The molecule has 1 amide bonds. The van der Waals surface area contributed by atoms with E-state index in [0.29, 0.717) is 26.1 Å². The molecule has 0 saturated carbocycles. The van der Waals surface area contributed by atoms with Gasteiger partial charge in [0.1, 0.15) is 18.2 Å². The Bertz CT molecular complexity index is 1330. The fourth-order valence-electron chi connectivity index (χ4n) is 5.15. The molecule has 5 nitrogen and oxygen atoms in total. The first-order valence-electron chi connectivity index (χ1n) is 11.9. The molecular weight excluding hydrogens is 422 g/mol. The molecule has 1 saturated heterocycles. The molecule has 5 rings (SSSR count). The highest BCUT2D eigenvalue weighted by Crippen LogP contribution is 2.34. The van der Waals surface area contributed by atoms with E-state index in [1.54, 1.807) is 0 Å². The largest absolute Gasteiger partial charge is 0.492 e. The summed E-state index contributed by atoms with van der Waals surface area (Å²) in [6.45, 7) is 10.2. The Kier molecular flexibility index (Phi) is 5.86. The van der Waals surface area contributed by atoms with Crippen LogP contribution in [0.1, 0.15) is 40.4 Å². The first-order chi connectivity index (χ1) is 16.4. The van der Waals surface area contributed by atoms with Crippen LogP contribution in [0.4, 0.5) is 5.69 Å². The summed E-state index contributed by atoms with van der Waals surface area (Å²) >= 11 is 0. The lowest BCUT2D eigenvalue weighted by molar-refractivity contribution is -0.117. The van der Waals surface area contributed by atoms with Crippen LogP contribution in [0.15, 0.2) is 60.7 Å². The fourth-order valence-corrected chi connectivity index (χ4v) is 5.15. The van der Waals surface area contributed by atoms with E-state index in [2.05, 4.69) is 74.7 Å². The second-order valence-electron chi connectivity index (χ2n) is 9.53. The molecule has 5 heteroatoms. The molecule has 1 aromatic heterocycles. The number of fused-ring (bicyclic) bond motifs is 1. The number of aryl methyl sites for hydroxylation is 4. The van der Waals surface area contributed by atoms with Gasteiger partial charge in [-0.05, 0) is 86.3 Å². The molecule has 0 radical (unpaired) electrons. The number of benzene rings is 3. The highest BCUT2D eigenvalue weighted by molar-refractivity contribution is 5.96. The first kappa shape index (κ1) is 22.2. The van der Waals surface area contributed by atoms with Crippen molar-refractivity contribution in [2.75, 3.05) is 18.1 Å². The van der Waals surface area contributed by atoms with Crippen LogP contribution in [0.5, 0.6) is 5.75 Å². The van der Waals surface area contributed by atoms with Gasteiger partial charge in [0.05, 0.1) is 17.6 Å². The molecule has 1 aliphatic rings. The lowest BCUT2D eigenvalue weighted by Crippen LogP contribution is -2.25. The van der Waals surface area contributed by atoms with E-state index in [1.807, 2.05) is 23.1 Å². The Morgan fingerprint density at radius 3 is 2.26 bits per heavy atom. The van der Waals surface area contributed by atoms with Gasteiger partial charge in [-0.3, -0.25) is 4.79 Å². The van der Waals surface area contributed by atoms with Gasteiger partial charge < -0.3 is 14.2 Å². The molecule has 0 N–H and O–H groups in total. The second kappa shape index (κ2) is 8.98. The van der Waals surface area contributed by atoms with Gasteiger partial charge in [0.15, 0.2) is 0 Å². The summed E-state index contributed by atoms with van der Waals surface area (Å²) in [4.78, 5) is 19.9. The number of imidazole rings is 1. The van der Waals surface area contributed by atoms with Gasteiger partial charge in [-0.1, -0.05) is 24.3 Å². The number of amides is 1. The summed E-state index contributed by atoms with van der Waals surface area (Å²) in [6, 6.07) is 20.8. The maximum Gasteiger partial charge on any atom is 0.227 e. The van der Waals surface area contributed by atoms with E-state index in [4.69, 9.17) is 9.72 Å². The Hall–Kier alpha value is -3.60. The van der Waals surface area contributed by atoms with Crippen LogP contribution in [0.3, 0.4) is 0 Å². The van der Waals surface area contributed by atoms with E-state index in [-0.39, 0.29) is 11.8 Å². The third kappa shape index (κ3) is 4.43. The summed E-state index contributed by atoms with van der Waals surface area (Å²) in [5.41, 5.74) is 7.74. The van der Waals surface area contributed by atoms with Crippen molar-refractivity contribution in [3.63, 3.8) is 0 Å². The quantitative estimate of drug-likeness (QED) is 0.367. The number of aromatic nitrogens is 2. The normalized spacial score (nSPS) is 15.9. The molecule has 34 heavy (non-hydrogen) atoms. The highest BCUT2D eigenvalue weighted by Gasteiger charge is 2.35. The molecule has 3 aromatic carbocycles. The van der Waals surface area contributed by atoms with Crippen LogP contribution in [-0.4, -0.2) is 28.6 Å². The lowest BCUT2D eigenvalue weighted by Gasteiger charge is -2.19. The van der Waals surface area contributed by atoms with Crippen molar-refractivity contribution in [2.24, 2.45) is 0 Å². The number of hydrogen-bond donors (Lipinski definition) is 0. The van der Waals surface area contributed by atoms with Gasteiger partial charge >= 0.3 is 0 Å². The fraction of sp³-hybridized carbons (Fsp3) is 0.310. The van der Waals surface area contributed by atoms with Crippen LogP contribution in [0, 0.1) is 27.7 Å². The third-order valence-electron chi connectivity index (χ3n) is 6.47. The number of para-hydroxylation sites is 2. The summed E-state index contributed by atoms with van der Waals surface area (Å²) in [7, 11) is 0. The maximum atomic E-state index is 13.0. The van der Waals surface area contributed by atoms with Crippen molar-refractivity contribution in [1.82, 2.24) is 9.55 Å². The molecule has 1 atom stereocenters. The zero-order chi connectivity index (χ0) is 23.8. The minimum atomic E-state index is 0.0435. The number of carbonyl (C=O) groups excluding carboxylic acids is 1. The minimum absolute atomic E-state index is 0.0435. The average Bonchev–Trinajstić information content (AvgIpc) is 3.33. The minimum Gasteiger partial charge on any atom is -0.492 e. The molecule has 2 heterocycles. The smallest absolute Gasteiger partial charge is 0.227 e. The number of nitrogens with zero attached hydrogens (tertiary/aromatic N) is 3. The Morgan fingerprint density at radius 1 is 0.912 bits per heavy atom. The number of carbonyl (C=O) groups is 1. The molecule has 0 spiro atoms. The van der Waals surface area contributed by atoms with E-state index < -0.39 is 0 Å². The van der Waals surface area contributed by atoms with Crippen LogP contribution < -0.4 is 9.64 Å². The predicted octanol–water partition coefficient (Wildman–Crippen LogP) is 5.87. The second-order valence-corrected chi connectivity index (χ2v) is 9.53. The van der Waals surface area contributed by atoms with Crippen molar-refractivity contribution < 1.29 is 9.53 Å². The molecule has 174 valence electrons. The third-order valence-corrected chi connectivity index (χ3v) is 6.47. The summed E-state index contributed by atoms with van der Waals surface area (Å²) in [5.74, 6) is 2.05. The van der Waals surface area contributed by atoms with Gasteiger partial charge in [-0.15, -0.1) is 0 Å². The molecule has 0 aliphatic carbocycles. The molecule has 1 unspecified atom stereocenters. The molecule has 1 fully saturated rings. The van der Waals surface area contributed by atoms with Crippen molar-refractivity contribution in [3.05, 3.63) is 88.7 Å². The van der Waals surface area contributed by atoms with Crippen LogP contribution in [0.2, 0.25) is 0 Å². The van der Waals surface area contributed by atoms with Crippen molar-refractivity contribution in [1.29, 1.82) is 0 Å². The van der Waals surface area contributed by atoms with Crippen molar-refractivity contribution in [2.45, 2.75) is 46.6 Å². The zero-order valence-corrected chi connectivity index (χ0v) is 20.3. The monoisotopic (exact) mass is 453 g/mol. The first-order valence-corrected chi connectivity index (χ1v) is 11.9. The maximum absolute atomic E-state index is 13.0. The Balaban J connectivity index is 1.41. The van der Waals surface area contributed by atoms with E-state index in [9.17, 15) is 4.79 Å². The number of rotatable bonds is 6. The highest BCUT2D eigenvalue weighted by atomic mass is 16.5. The topological polar surface area (TPSA) is 47.4 Å². The molecular formula is C29H31N3O2. The Morgan fingerprint density at radius 2 is 1.56 bits per heavy atom. The van der Waals surface area contributed by atoms with Crippen molar-refractivity contribution in [3.8, 4) is 5.75 Å². The van der Waals surface area contributed by atoms with Gasteiger partial charge in [0, 0.05) is 24.6 Å². The number of ether oxygens (including phenoxy) is 1. The molecule has 1 aliphatic heterocycles. The Labute approximate surface area is 201 Å². The number of hydrogen-bond acceptors (Lipinski definition) is 3. The average molecular weight is 454 g/mol. The summed E-state index contributed by atoms with van der Waals surface area (Å²) < 4.78 is 8.36. The summed E-state index contributed by atoms with van der Waals surface area (Å²) in [5, 5.41) is 0. The predicted molar refractivity (Wildman–Crippen MR) is 137 cm³/mol. The van der Waals surface area contributed by atoms with Gasteiger partial charge in [-0.2, -0.15) is 0 Å². The lowest BCUT2D eigenvalue weighted by atomic mass is 10.1. The van der Waals surface area contributed by atoms with E-state index in [0.717, 1.165) is 28.3 Å². The number of anilines is 1. The molecule has 4 aromatic rings. The van der Waals surface area contributed by atoms with Gasteiger partial charge in [-0.25, -0.2) is 4.98 Å². The molecule has 0 bridgehead atoms. The van der Waals surface area contributed by atoms with Gasteiger partial charge in [0.2, 0.25) is 5.91 Å². The van der Waals surface area contributed by atoms with Crippen LogP contribution in [-0.2, 0) is 11.3 Å². The SMILES string of the molecule is Cc1cc(C)cc(OCCn2c(C3CC(=O)N(c4cc(C)cc(C)c4)C3)nc3ccccc32)c1. The summed E-state index contributed by atoms with van der Waals surface area (Å²) in [6.07, 6.45) is 0.467. The van der Waals surface area contributed by atoms with Crippen LogP contribution >= 0.6 is 0 Å². The van der Waals surface area contributed by atoms with Crippen molar-refractivity contribution >= 4 is 22.6 Å². The van der Waals surface area contributed by atoms with E-state index in [1.165, 1.54) is 22.3 Å². The standard InChI is InChI=1S/C29H31N3O2/c1-19-11-20(2)14-24(13-19)32-18-23(17-28(32)33)29-30-26-7-5-6-8-27(26)31(29)9-10-34-25-15-21(3)12-22(4)16-25/h5-8,11-16,23H,9-10,17-18H2,1-4H3. The van der Waals surface area contributed by atoms with Crippen LogP contribution in [0.25, 0.3) is 11.0 Å². The zero-order valence-electron chi connectivity index (χ0n) is 20.3. The van der Waals surface area contributed by atoms with E-state index >= 15 is 0 Å². The van der Waals surface area contributed by atoms with Gasteiger partial charge in [0.25, 0.3) is 0 Å².